The largest absolute Gasteiger partial charge is 0.385 e. The average Bonchev–Trinajstić information content (AvgIpc) is 3.16. The maximum atomic E-state index is 12.2. The lowest BCUT2D eigenvalue weighted by atomic mass is 9.82. The second-order valence-corrected chi connectivity index (χ2v) is 6.72. The molecule has 4 nitrogen and oxygen atoms in total. The van der Waals surface area contributed by atoms with Gasteiger partial charge in [-0.15, -0.1) is 0 Å². The molecule has 4 unspecified atom stereocenters. The second kappa shape index (κ2) is 4.86. The number of urea groups is 1. The van der Waals surface area contributed by atoms with E-state index < -0.39 is 0 Å². The number of rotatable bonds is 3. The first kappa shape index (κ1) is 12.9. The number of hydrogen-bond acceptors (Lipinski definition) is 2. The van der Waals surface area contributed by atoms with E-state index in [2.05, 4.69) is 17.1 Å². The van der Waals surface area contributed by atoms with Gasteiger partial charge in [-0.2, -0.15) is 4.99 Å². The summed E-state index contributed by atoms with van der Waals surface area (Å²) in [7, 11) is 0. The second-order valence-electron chi connectivity index (χ2n) is 6.72. The van der Waals surface area contributed by atoms with Gasteiger partial charge in [0.05, 0.1) is 6.04 Å². The SMILES string of the molecule is NC1=NC(=O)N(Cc2ccccc2)C1C1CC2CCC1C2. The number of nitrogens with two attached hydrogens (primary N) is 1. The molecule has 4 heteroatoms. The highest BCUT2D eigenvalue weighted by atomic mass is 16.2. The molecule has 21 heavy (non-hydrogen) atoms. The summed E-state index contributed by atoms with van der Waals surface area (Å²) in [5, 5.41) is 0. The Hall–Kier alpha value is -1.84. The molecule has 2 saturated carbocycles. The minimum Gasteiger partial charge on any atom is -0.385 e. The number of carbonyl (C=O) groups excluding carboxylic acids is 1. The van der Waals surface area contributed by atoms with Crippen molar-refractivity contribution in [2.75, 3.05) is 0 Å². The van der Waals surface area contributed by atoms with Gasteiger partial charge in [-0.05, 0) is 42.6 Å². The summed E-state index contributed by atoms with van der Waals surface area (Å²) in [4.78, 5) is 18.2. The van der Waals surface area contributed by atoms with Crippen molar-refractivity contribution in [1.82, 2.24) is 4.90 Å². The van der Waals surface area contributed by atoms with Crippen molar-refractivity contribution in [2.45, 2.75) is 38.3 Å². The first-order valence-electron chi connectivity index (χ1n) is 7.91. The Bertz CT molecular complexity index is 583. The quantitative estimate of drug-likeness (QED) is 0.927. The van der Waals surface area contributed by atoms with E-state index in [1.54, 1.807) is 0 Å². The Morgan fingerprint density at radius 1 is 1.19 bits per heavy atom. The van der Waals surface area contributed by atoms with Gasteiger partial charge in [-0.3, -0.25) is 0 Å². The smallest absolute Gasteiger partial charge is 0.346 e. The van der Waals surface area contributed by atoms with Crippen molar-refractivity contribution < 1.29 is 4.79 Å². The number of aliphatic imine (C=N–C) groups is 1. The van der Waals surface area contributed by atoms with Crippen LogP contribution in [-0.2, 0) is 6.54 Å². The maximum Gasteiger partial charge on any atom is 0.346 e. The third-order valence-corrected chi connectivity index (χ3v) is 5.50. The molecule has 1 heterocycles. The van der Waals surface area contributed by atoms with Gasteiger partial charge in [0.2, 0.25) is 0 Å². The summed E-state index contributed by atoms with van der Waals surface area (Å²) in [6, 6.07) is 9.98. The van der Waals surface area contributed by atoms with Gasteiger partial charge >= 0.3 is 6.03 Å². The minimum atomic E-state index is -0.163. The van der Waals surface area contributed by atoms with Crippen LogP contribution in [0.2, 0.25) is 0 Å². The minimum absolute atomic E-state index is 0.0213. The van der Waals surface area contributed by atoms with Gasteiger partial charge in [0.1, 0.15) is 5.84 Å². The van der Waals surface area contributed by atoms with Crippen molar-refractivity contribution in [3.8, 4) is 0 Å². The molecule has 4 atom stereocenters. The van der Waals surface area contributed by atoms with Gasteiger partial charge in [0.25, 0.3) is 0 Å². The molecule has 0 spiro atoms. The molecule has 1 aliphatic heterocycles. The highest BCUT2D eigenvalue weighted by molar-refractivity contribution is 6.03. The lowest BCUT2D eigenvalue weighted by molar-refractivity contribution is 0.165. The number of amides is 2. The molecule has 0 aromatic heterocycles. The lowest BCUT2D eigenvalue weighted by Gasteiger charge is -2.33. The zero-order valence-corrected chi connectivity index (χ0v) is 12.1. The summed E-state index contributed by atoms with van der Waals surface area (Å²) in [6.07, 6.45) is 5.19. The van der Waals surface area contributed by atoms with E-state index in [4.69, 9.17) is 5.73 Å². The predicted octanol–water partition coefficient (Wildman–Crippen LogP) is 2.78. The van der Waals surface area contributed by atoms with Crippen molar-refractivity contribution in [2.24, 2.45) is 28.5 Å². The van der Waals surface area contributed by atoms with Crippen LogP contribution in [0, 0.1) is 17.8 Å². The molecule has 2 fully saturated rings. The van der Waals surface area contributed by atoms with E-state index in [9.17, 15) is 4.79 Å². The molecule has 1 aromatic carbocycles. The molecule has 0 saturated heterocycles. The maximum absolute atomic E-state index is 12.2. The Morgan fingerprint density at radius 2 is 2.00 bits per heavy atom. The fourth-order valence-corrected chi connectivity index (χ4v) is 4.60. The molecule has 110 valence electrons. The number of carbonyl (C=O) groups is 1. The Morgan fingerprint density at radius 3 is 2.67 bits per heavy atom. The number of amidine groups is 1. The third kappa shape index (κ3) is 2.13. The molecule has 0 radical (unpaired) electrons. The molecule has 2 bridgehead atoms. The van der Waals surface area contributed by atoms with Crippen molar-refractivity contribution in [3.63, 3.8) is 0 Å². The van der Waals surface area contributed by atoms with E-state index in [-0.39, 0.29) is 12.1 Å². The lowest BCUT2D eigenvalue weighted by Crippen LogP contribution is -2.46. The van der Waals surface area contributed by atoms with Crippen LogP contribution in [0.5, 0.6) is 0 Å². The van der Waals surface area contributed by atoms with Crippen LogP contribution in [-0.4, -0.2) is 22.8 Å². The van der Waals surface area contributed by atoms with E-state index in [0.29, 0.717) is 18.3 Å². The molecule has 1 aromatic rings. The number of fused-ring (bicyclic) bond motifs is 2. The standard InChI is InChI=1S/C17H21N3O/c18-16-15(14-9-12-6-7-13(14)8-12)20(17(21)19-16)10-11-4-2-1-3-5-11/h1-5,12-15H,6-10H2,(H2,18,19,21). The van der Waals surface area contributed by atoms with E-state index in [1.165, 1.54) is 25.7 Å². The highest BCUT2D eigenvalue weighted by Gasteiger charge is 2.49. The fourth-order valence-electron chi connectivity index (χ4n) is 4.60. The summed E-state index contributed by atoms with van der Waals surface area (Å²) in [5.74, 6) is 2.64. The molecule has 2 aliphatic carbocycles. The van der Waals surface area contributed by atoms with Crippen molar-refractivity contribution in [1.29, 1.82) is 0 Å². The number of nitrogens with zero attached hydrogens (tertiary/aromatic N) is 2. The Kier molecular flexibility index (Phi) is 2.98. The zero-order valence-electron chi connectivity index (χ0n) is 12.1. The van der Waals surface area contributed by atoms with Crippen molar-refractivity contribution in [3.05, 3.63) is 35.9 Å². The van der Waals surface area contributed by atoms with Crippen LogP contribution < -0.4 is 5.73 Å². The first-order valence-corrected chi connectivity index (χ1v) is 7.91. The predicted molar refractivity (Wildman–Crippen MR) is 81.7 cm³/mol. The first-order chi connectivity index (χ1) is 10.2. The third-order valence-electron chi connectivity index (χ3n) is 5.50. The topological polar surface area (TPSA) is 58.7 Å². The molecular weight excluding hydrogens is 262 g/mol. The molecule has 4 rings (SSSR count). The van der Waals surface area contributed by atoms with E-state index in [0.717, 1.165) is 17.4 Å². The summed E-state index contributed by atoms with van der Waals surface area (Å²) < 4.78 is 0. The molecule has 2 amide bonds. The summed E-state index contributed by atoms with van der Waals surface area (Å²) in [5.41, 5.74) is 7.26. The number of hydrogen-bond donors (Lipinski definition) is 1. The molecule has 2 N–H and O–H groups in total. The number of benzene rings is 1. The van der Waals surface area contributed by atoms with Crippen LogP contribution in [0.25, 0.3) is 0 Å². The fraction of sp³-hybridized carbons (Fsp3) is 0.529. The van der Waals surface area contributed by atoms with Crippen LogP contribution >= 0.6 is 0 Å². The zero-order chi connectivity index (χ0) is 14.4. The highest BCUT2D eigenvalue weighted by Crippen LogP contribution is 2.51. The monoisotopic (exact) mass is 283 g/mol. The molecular formula is C17H21N3O. The van der Waals surface area contributed by atoms with Crippen LogP contribution in [0.4, 0.5) is 4.79 Å². The normalized spacial score (nSPS) is 34.6. The van der Waals surface area contributed by atoms with E-state index >= 15 is 0 Å². The summed E-state index contributed by atoms with van der Waals surface area (Å²) >= 11 is 0. The Labute approximate surface area is 125 Å². The average molecular weight is 283 g/mol. The van der Waals surface area contributed by atoms with Gasteiger partial charge in [0, 0.05) is 6.54 Å². The summed E-state index contributed by atoms with van der Waals surface area (Å²) in [6.45, 7) is 0.614. The molecule has 3 aliphatic rings. The van der Waals surface area contributed by atoms with Crippen LogP contribution in [0.3, 0.4) is 0 Å². The van der Waals surface area contributed by atoms with Gasteiger partial charge in [-0.1, -0.05) is 36.8 Å². The van der Waals surface area contributed by atoms with Crippen LogP contribution in [0.15, 0.2) is 35.3 Å². The van der Waals surface area contributed by atoms with Gasteiger partial charge in [0.15, 0.2) is 0 Å². The Balaban J connectivity index is 1.58. The van der Waals surface area contributed by atoms with E-state index in [1.807, 2.05) is 23.1 Å². The van der Waals surface area contributed by atoms with Gasteiger partial charge in [-0.25, -0.2) is 4.79 Å². The van der Waals surface area contributed by atoms with Crippen molar-refractivity contribution >= 4 is 11.9 Å². The van der Waals surface area contributed by atoms with Crippen LogP contribution in [0.1, 0.15) is 31.2 Å². The van der Waals surface area contributed by atoms with Gasteiger partial charge < -0.3 is 10.6 Å².